The monoisotopic (exact) mass is 525 g/mol. The van der Waals surface area contributed by atoms with Crippen molar-refractivity contribution in [3.63, 3.8) is 0 Å². The lowest BCUT2D eigenvalue weighted by molar-refractivity contribution is -0.143. The van der Waals surface area contributed by atoms with Crippen LogP contribution in [-0.2, 0) is 30.4 Å². The second-order valence-electron chi connectivity index (χ2n) is 8.17. The van der Waals surface area contributed by atoms with E-state index < -0.39 is 66.9 Å². The predicted octanol–water partition coefficient (Wildman–Crippen LogP) is -0.569. The predicted molar refractivity (Wildman–Crippen MR) is 133 cm³/mol. The van der Waals surface area contributed by atoms with Gasteiger partial charge in [0, 0.05) is 17.5 Å². The molecule has 13 nitrogen and oxygen atoms in total. The van der Waals surface area contributed by atoms with E-state index in [-0.39, 0.29) is 17.8 Å². The van der Waals surface area contributed by atoms with Gasteiger partial charge in [-0.2, -0.15) is 0 Å². The number of nitrogens with two attached hydrogens (primary N) is 1. The van der Waals surface area contributed by atoms with Gasteiger partial charge in [-0.05, 0) is 5.56 Å². The first-order valence-electron chi connectivity index (χ1n) is 11.3. The molecule has 2 aromatic carbocycles. The molecule has 38 heavy (non-hydrogen) atoms. The quantitative estimate of drug-likeness (QED) is 0.0724. The van der Waals surface area contributed by atoms with Gasteiger partial charge in [0.1, 0.15) is 17.9 Å². The third-order valence-corrected chi connectivity index (χ3v) is 5.21. The minimum absolute atomic E-state index is 0.0722. The van der Waals surface area contributed by atoms with E-state index in [1.165, 1.54) is 24.3 Å². The first-order valence-corrected chi connectivity index (χ1v) is 11.3. The van der Waals surface area contributed by atoms with Crippen LogP contribution < -0.4 is 21.7 Å². The van der Waals surface area contributed by atoms with Crippen molar-refractivity contribution in [2.24, 2.45) is 5.73 Å². The first-order chi connectivity index (χ1) is 18.0. The molecule has 2 atom stereocenters. The van der Waals surface area contributed by atoms with Crippen LogP contribution in [0.15, 0.2) is 54.6 Å². The van der Waals surface area contributed by atoms with Crippen LogP contribution >= 0.6 is 0 Å². The van der Waals surface area contributed by atoms with E-state index in [0.717, 1.165) is 0 Å². The Balaban J connectivity index is 1.92. The molecule has 0 radical (unpaired) electrons. The lowest BCUT2D eigenvalue weighted by atomic mass is 10.1. The molecule has 0 aliphatic carbocycles. The SMILES string of the molecule is N=C(N)c1ccc(C(=O)CC(=O)NCC(=O)N[C@@H](CC(=O)O)C(=O)N[C@@H](Cc2ccccc2)C(=O)O)cc1. The normalized spacial score (nSPS) is 11.9. The fourth-order valence-electron chi connectivity index (χ4n) is 3.28. The van der Waals surface area contributed by atoms with Crippen LogP contribution in [0.5, 0.6) is 0 Å². The summed E-state index contributed by atoms with van der Waals surface area (Å²) in [4.78, 5) is 72.1. The molecule has 2 aromatic rings. The number of nitrogen functional groups attached to an aromatic ring is 1. The molecule has 0 aliphatic heterocycles. The maximum atomic E-state index is 12.6. The Hall–Kier alpha value is -5.07. The summed E-state index contributed by atoms with van der Waals surface area (Å²) in [6.07, 6.45) is -1.50. The van der Waals surface area contributed by atoms with E-state index in [0.29, 0.717) is 11.1 Å². The maximum absolute atomic E-state index is 12.6. The molecule has 0 aliphatic rings. The van der Waals surface area contributed by atoms with Crippen molar-refractivity contribution in [1.29, 1.82) is 5.41 Å². The number of nitrogens with one attached hydrogen (secondary N) is 4. The summed E-state index contributed by atoms with van der Waals surface area (Å²) in [7, 11) is 0. The van der Waals surface area contributed by atoms with Gasteiger partial charge < -0.3 is 31.9 Å². The molecule has 0 unspecified atom stereocenters. The highest BCUT2D eigenvalue weighted by Crippen LogP contribution is 2.07. The summed E-state index contributed by atoms with van der Waals surface area (Å²) < 4.78 is 0. The van der Waals surface area contributed by atoms with Crippen LogP contribution in [0.2, 0.25) is 0 Å². The van der Waals surface area contributed by atoms with Crippen molar-refractivity contribution >= 4 is 41.3 Å². The Morgan fingerprint density at radius 2 is 1.42 bits per heavy atom. The Morgan fingerprint density at radius 3 is 1.97 bits per heavy atom. The van der Waals surface area contributed by atoms with Gasteiger partial charge in [0.2, 0.25) is 17.7 Å². The average molecular weight is 526 g/mol. The van der Waals surface area contributed by atoms with Gasteiger partial charge in [-0.25, -0.2) is 4.79 Å². The number of aliphatic carboxylic acids is 2. The number of carboxylic acid groups (broad SMARTS) is 2. The minimum Gasteiger partial charge on any atom is -0.481 e. The van der Waals surface area contributed by atoms with Gasteiger partial charge in [0.25, 0.3) is 0 Å². The summed E-state index contributed by atoms with van der Waals surface area (Å²) in [6, 6.07) is 11.1. The molecular weight excluding hydrogens is 498 g/mol. The second kappa shape index (κ2) is 13.9. The number of hydrogen-bond donors (Lipinski definition) is 7. The molecule has 3 amide bonds. The Morgan fingerprint density at radius 1 is 0.816 bits per heavy atom. The maximum Gasteiger partial charge on any atom is 0.326 e. The Labute approximate surface area is 216 Å². The number of benzene rings is 2. The number of carbonyl (C=O) groups excluding carboxylic acids is 4. The van der Waals surface area contributed by atoms with Gasteiger partial charge in [0.05, 0.1) is 19.4 Å². The van der Waals surface area contributed by atoms with Gasteiger partial charge in [0.15, 0.2) is 5.78 Å². The summed E-state index contributed by atoms with van der Waals surface area (Å²) >= 11 is 0. The fraction of sp³-hybridized carbons (Fsp3) is 0.240. The number of amides is 3. The van der Waals surface area contributed by atoms with E-state index in [4.69, 9.17) is 16.2 Å². The highest BCUT2D eigenvalue weighted by atomic mass is 16.4. The third-order valence-electron chi connectivity index (χ3n) is 5.21. The van der Waals surface area contributed by atoms with Crippen molar-refractivity contribution in [2.45, 2.75) is 31.3 Å². The molecule has 0 bridgehead atoms. The molecule has 0 spiro atoms. The Kier molecular flexibility index (Phi) is 10.6. The minimum atomic E-state index is -1.61. The smallest absolute Gasteiger partial charge is 0.326 e. The lowest BCUT2D eigenvalue weighted by Crippen LogP contribution is -2.54. The third kappa shape index (κ3) is 9.53. The van der Waals surface area contributed by atoms with Crippen LogP contribution in [0.4, 0.5) is 0 Å². The topological polar surface area (TPSA) is 229 Å². The molecule has 13 heteroatoms. The lowest BCUT2D eigenvalue weighted by Gasteiger charge is -2.20. The summed E-state index contributed by atoms with van der Waals surface area (Å²) in [5, 5.41) is 32.5. The van der Waals surface area contributed by atoms with Crippen molar-refractivity contribution in [3.8, 4) is 0 Å². The molecule has 0 saturated heterocycles. The fourth-order valence-corrected chi connectivity index (χ4v) is 3.28. The van der Waals surface area contributed by atoms with Gasteiger partial charge in [-0.15, -0.1) is 0 Å². The number of ketones is 1. The van der Waals surface area contributed by atoms with Gasteiger partial charge >= 0.3 is 11.9 Å². The summed E-state index contributed by atoms with van der Waals surface area (Å²) in [5.41, 5.74) is 6.56. The number of amidine groups is 1. The van der Waals surface area contributed by atoms with E-state index in [1.54, 1.807) is 30.3 Å². The number of carboxylic acids is 2. The number of carbonyl (C=O) groups is 6. The molecule has 0 heterocycles. The highest BCUT2D eigenvalue weighted by molar-refractivity contribution is 6.08. The number of Topliss-reactive ketones (excluding diaryl/α,β-unsaturated/α-hetero) is 1. The second-order valence-corrected chi connectivity index (χ2v) is 8.17. The van der Waals surface area contributed by atoms with Crippen LogP contribution in [0.25, 0.3) is 0 Å². The number of hydrogen-bond acceptors (Lipinski definition) is 7. The van der Waals surface area contributed by atoms with Crippen molar-refractivity contribution in [1.82, 2.24) is 16.0 Å². The van der Waals surface area contributed by atoms with E-state index in [2.05, 4.69) is 16.0 Å². The molecule has 0 fully saturated rings. The van der Waals surface area contributed by atoms with E-state index in [9.17, 15) is 33.9 Å². The largest absolute Gasteiger partial charge is 0.481 e. The zero-order chi connectivity index (χ0) is 28.2. The molecule has 0 aromatic heterocycles. The Bertz CT molecular complexity index is 1210. The van der Waals surface area contributed by atoms with Crippen LogP contribution in [0.3, 0.4) is 0 Å². The summed E-state index contributed by atoms with van der Waals surface area (Å²) in [5.74, 6) is -6.26. The molecule has 0 saturated carbocycles. The van der Waals surface area contributed by atoms with Crippen molar-refractivity contribution in [3.05, 3.63) is 71.3 Å². The summed E-state index contributed by atoms with van der Waals surface area (Å²) in [6.45, 7) is -0.662. The zero-order valence-corrected chi connectivity index (χ0v) is 20.1. The molecular formula is C25H27N5O8. The number of rotatable bonds is 14. The zero-order valence-electron chi connectivity index (χ0n) is 20.1. The van der Waals surface area contributed by atoms with Gasteiger partial charge in [-0.1, -0.05) is 54.6 Å². The van der Waals surface area contributed by atoms with Crippen molar-refractivity contribution in [2.75, 3.05) is 6.54 Å². The molecule has 200 valence electrons. The average Bonchev–Trinajstić information content (AvgIpc) is 2.87. The van der Waals surface area contributed by atoms with E-state index >= 15 is 0 Å². The van der Waals surface area contributed by atoms with Crippen LogP contribution in [0.1, 0.15) is 34.3 Å². The van der Waals surface area contributed by atoms with Crippen molar-refractivity contribution < 1.29 is 39.0 Å². The highest BCUT2D eigenvalue weighted by Gasteiger charge is 2.28. The standard InChI is InChI=1S/C25H27N5O8/c26-23(27)16-8-6-15(7-9-16)19(31)12-20(32)28-13-21(33)29-17(11-22(34)35)24(36)30-18(25(37)38)10-14-4-2-1-3-5-14/h1-9,17-18H,10-13H2,(H3,26,27)(H,28,32)(H,29,33)(H,30,36)(H,34,35)(H,37,38)/t17-,18-/m0/s1. The van der Waals surface area contributed by atoms with Gasteiger partial charge in [-0.3, -0.25) is 29.4 Å². The van der Waals surface area contributed by atoms with Crippen LogP contribution in [0, 0.1) is 5.41 Å². The first kappa shape index (κ1) is 29.2. The molecule has 2 rings (SSSR count). The van der Waals surface area contributed by atoms with Crippen LogP contribution in [-0.4, -0.2) is 70.1 Å². The van der Waals surface area contributed by atoms with E-state index in [1.807, 2.05) is 0 Å². The molecule has 8 N–H and O–H groups in total.